The van der Waals surface area contributed by atoms with Crippen molar-refractivity contribution in [2.45, 2.75) is 44.7 Å². The molecule has 0 aliphatic heterocycles. The van der Waals surface area contributed by atoms with Crippen LogP contribution in [0.3, 0.4) is 0 Å². The Hall–Kier alpha value is -0.830. The van der Waals surface area contributed by atoms with E-state index in [0.717, 1.165) is 10.9 Å². The smallest absolute Gasteiger partial charge is 0.0453 e. The van der Waals surface area contributed by atoms with Crippen LogP contribution in [-0.2, 0) is 0 Å². The fourth-order valence-electron chi connectivity index (χ4n) is 3.39. The zero-order valence-corrected chi connectivity index (χ0v) is 14.0. The van der Waals surface area contributed by atoms with Crippen LogP contribution in [0, 0.1) is 5.92 Å². The third-order valence-corrected chi connectivity index (χ3v) is 5.82. The van der Waals surface area contributed by atoms with Crippen molar-refractivity contribution in [3.63, 3.8) is 0 Å². The molecule has 1 unspecified atom stereocenters. The zero-order valence-electron chi connectivity index (χ0n) is 12.4. The summed E-state index contributed by atoms with van der Waals surface area (Å²) < 4.78 is 0. The molecule has 3 heteroatoms. The summed E-state index contributed by atoms with van der Waals surface area (Å²) in [6.07, 6.45) is 5.42. The lowest BCUT2D eigenvalue weighted by molar-refractivity contribution is 0.343. The minimum atomic E-state index is 0.270. The summed E-state index contributed by atoms with van der Waals surface area (Å²) in [6.45, 7) is 2.22. The molecule has 3 rings (SSSR count). The van der Waals surface area contributed by atoms with Gasteiger partial charge in [0, 0.05) is 22.0 Å². The van der Waals surface area contributed by atoms with Crippen molar-refractivity contribution < 1.29 is 0 Å². The molecule has 112 valence electrons. The van der Waals surface area contributed by atoms with E-state index in [4.69, 9.17) is 11.6 Å². The highest BCUT2D eigenvalue weighted by molar-refractivity contribution is 7.10. The van der Waals surface area contributed by atoms with E-state index in [1.807, 2.05) is 23.5 Å². The molecule has 0 spiro atoms. The molecule has 1 aliphatic carbocycles. The number of thiophene rings is 1. The largest absolute Gasteiger partial charge is 0.302 e. The van der Waals surface area contributed by atoms with Crippen molar-refractivity contribution in [2.75, 3.05) is 0 Å². The Morgan fingerprint density at radius 1 is 1.14 bits per heavy atom. The van der Waals surface area contributed by atoms with Gasteiger partial charge in [0.2, 0.25) is 0 Å². The van der Waals surface area contributed by atoms with Crippen LogP contribution in [0.2, 0.25) is 5.02 Å². The van der Waals surface area contributed by atoms with Gasteiger partial charge < -0.3 is 5.32 Å². The van der Waals surface area contributed by atoms with E-state index in [-0.39, 0.29) is 6.04 Å². The van der Waals surface area contributed by atoms with Crippen LogP contribution in [-0.4, -0.2) is 0 Å². The van der Waals surface area contributed by atoms with E-state index < -0.39 is 0 Å². The molecule has 0 amide bonds. The first-order chi connectivity index (χ1) is 10.3. The Labute approximate surface area is 136 Å². The maximum Gasteiger partial charge on any atom is 0.0453 e. The standard InChI is InChI=1S/C18H22ClNS/c1-13(15-9-4-5-10-16(15)19)20-18(14-7-2-3-8-14)17-11-6-12-21-17/h4-6,9-14,18,20H,2-3,7-8H2,1H3/t13-,18?/m0/s1. The Bertz CT molecular complexity index is 560. The molecule has 2 atom stereocenters. The van der Waals surface area contributed by atoms with Crippen molar-refractivity contribution in [3.05, 3.63) is 57.2 Å². The maximum absolute atomic E-state index is 6.35. The molecule has 1 nitrogen and oxygen atoms in total. The average molecular weight is 320 g/mol. The summed E-state index contributed by atoms with van der Waals surface area (Å²) in [4.78, 5) is 1.46. The second-order valence-corrected chi connectivity index (χ2v) is 7.33. The van der Waals surface area contributed by atoms with Gasteiger partial charge in [0.15, 0.2) is 0 Å². The van der Waals surface area contributed by atoms with E-state index in [0.29, 0.717) is 6.04 Å². The van der Waals surface area contributed by atoms with Gasteiger partial charge in [0.05, 0.1) is 0 Å². The molecule has 1 fully saturated rings. The second-order valence-electron chi connectivity index (χ2n) is 5.95. The average Bonchev–Trinajstić information content (AvgIpc) is 3.18. The number of rotatable bonds is 5. The van der Waals surface area contributed by atoms with Crippen LogP contribution in [0.25, 0.3) is 0 Å². The van der Waals surface area contributed by atoms with Gasteiger partial charge in [-0.3, -0.25) is 0 Å². The predicted octanol–water partition coefficient (Wildman–Crippen LogP) is 5.98. The molecule has 1 aromatic heterocycles. The third kappa shape index (κ3) is 3.50. The highest BCUT2D eigenvalue weighted by Crippen LogP contribution is 2.39. The normalized spacial score (nSPS) is 18.8. The fraction of sp³-hybridized carbons (Fsp3) is 0.444. The molecule has 1 aromatic carbocycles. The molecule has 1 N–H and O–H groups in total. The highest BCUT2D eigenvalue weighted by Gasteiger charge is 2.28. The van der Waals surface area contributed by atoms with Gasteiger partial charge in [-0.1, -0.05) is 48.7 Å². The first-order valence-corrected chi connectivity index (χ1v) is 9.05. The summed E-state index contributed by atoms with van der Waals surface area (Å²) in [5.74, 6) is 0.758. The summed E-state index contributed by atoms with van der Waals surface area (Å²) >= 11 is 8.21. The van der Waals surface area contributed by atoms with E-state index in [9.17, 15) is 0 Å². The lowest BCUT2D eigenvalue weighted by Gasteiger charge is -2.28. The summed E-state index contributed by atoms with van der Waals surface area (Å²) in [6, 6.07) is 13.3. The van der Waals surface area contributed by atoms with Crippen molar-refractivity contribution in [1.29, 1.82) is 0 Å². The highest BCUT2D eigenvalue weighted by atomic mass is 35.5. The quantitative estimate of drug-likeness (QED) is 0.714. The van der Waals surface area contributed by atoms with E-state index >= 15 is 0 Å². The van der Waals surface area contributed by atoms with Gasteiger partial charge in [0.1, 0.15) is 0 Å². The van der Waals surface area contributed by atoms with Gasteiger partial charge >= 0.3 is 0 Å². The fourth-order valence-corrected chi connectivity index (χ4v) is 4.57. The lowest BCUT2D eigenvalue weighted by Crippen LogP contribution is -2.29. The van der Waals surface area contributed by atoms with Gasteiger partial charge in [-0.15, -0.1) is 11.3 Å². The zero-order chi connectivity index (χ0) is 14.7. The van der Waals surface area contributed by atoms with E-state index in [1.165, 1.54) is 36.1 Å². The first kappa shape index (κ1) is 15.1. The second kappa shape index (κ2) is 6.95. The third-order valence-electron chi connectivity index (χ3n) is 4.52. The number of nitrogens with one attached hydrogen (secondary N) is 1. The van der Waals surface area contributed by atoms with Gasteiger partial charge in [-0.25, -0.2) is 0 Å². The number of halogens is 1. The minimum absolute atomic E-state index is 0.270. The molecular formula is C18H22ClNS. The van der Waals surface area contributed by atoms with Crippen LogP contribution in [0.5, 0.6) is 0 Å². The van der Waals surface area contributed by atoms with Gasteiger partial charge in [-0.2, -0.15) is 0 Å². The van der Waals surface area contributed by atoms with E-state index in [1.54, 1.807) is 0 Å². The van der Waals surface area contributed by atoms with Crippen molar-refractivity contribution >= 4 is 22.9 Å². The summed E-state index contributed by atoms with van der Waals surface area (Å²) in [5, 5.41) is 6.88. The van der Waals surface area contributed by atoms with Crippen LogP contribution in [0.1, 0.15) is 55.1 Å². The van der Waals surface area contributed by atoms with Crippen LogP contribution >= 0.6 is 22.9 Å². The summed E-state index contributed by atoms with van der Waals surface area (Å²) in [7, 11) is 0. The van der Waals surface area contributed by atoms with Crippen molar-refractivity contribution in [1.82, 2.24) is 5.32 Å². The molecular weight excluding hydrogens is 298 g/mol. The van der Waals surface area contributed by atoms with Crippen molar-refractivity contribution in [2.24, 2.45) is 5.92 Å². The Morgan fingerprint density at radius 3 is 2.57 bits per heavy atom. The van der Waals surface area contributed by atoms with Crippen LogP contribution in [0.15, 0.2) is 41.8 Å². The minimum Gasteiger partial charge on any atom is -0.302 e. The first-order valence-electron chi connectivity index (χ1n) is 7.79. The monoisotopic (exact) mass is 319 g/mol. The Balaban J connectivity index is 1.79. The molecule has 1 saturated carbocycles. The Kier molecular flexibility index (Phi) is 4.99. The molecule has 0 bridgehead atoms. The predicted molar refractivity (Wildman–Crippen MR) is 92.0 cm³/mol. The molecule has 1 aliphatic rings. The molecule has 0 radical (unpaired) electrons. The van der Waals surface area contributed by atoms with Crippen LogP contribution in [0.4, 0.5) is 0 Å². The van der Waals surface area contributed by atoms with Gasteiger partial charge in [-0.05, 0) is 48.8 Å². The SMILES string of the molecule is C[C@H](NC(c1cccs1)C1CCCC1)c1ccccc1Cl. The Morgan fingerprint density at radius 2 is 1.90 bits per heavy atom. The number of hydrogen-bond acceptors (Lipinski definition) is 2. The van der Waals surface area contributed by atoms with Crippen LogP contribution < -0.4 is 5.32 Å². The lowest BCUT2D eigenvalue weighted by atomic mass is 9.95. The topological polar surface area (TPSA) is 12.0 Å². The number of hydrogen-bond donors (Lipinski definition) is 1. The van der Waals surface area contributed by atoms with Gasteiger partial charge in [0.25, 0.3) is 0 Å². The maximum atomic E-state index is 6.35. The van der Waals surface area contributed by atoms with Crippen molar-refractivity contribution in [3.8, 4) is 0 Å². The van der Waals surface area contributed by atoms with E-state index in [2.05, 4.69) is 41.9 Å². The number of benzene rings is 1. The molecule has 1 heterocycles. The summed E-state index contributed by atoms with van der Waals surface area (Å²) in [5.41, 5.74) is 1.19. The molecule has 2 aromatic rings. The molecule has 0 saturated heterocycles. The molecule has 21 heavy (non-hydrogen) atoms.